The van der Waals surface area contributed by atoms with Gasteiger partial charge in [-0.1, -0.05) is 103 Å². The van der Waals surface area contributed by atoms with Gasteiger partial charge in [-0.15, -0.1) is 0 Å². The smallest absolute Gasteiger partial charge is 0.0972 e. The number of para-hydroxylation sites is 1. The van der Waals surface area contributed by atoms with Gasteiger partial charge in [-0.2, -0.15) is 0 Å². The molecular formula is C34H22N2. The topological polar surface area (TPSA) is 25.8 Å². The van der Waals surface area contributed by atoms with E-state index in [0.717, 1.165) is 38.8 Å². The zero-order valence-corrected chi connectivity index (χ0v) is 19.6. The lowest BCUT2D eigenvalue weighted by molar-refractivity contribution is 1.29. The van der Waals surface area contributed by atoms with Gasteiger partial charge in [-0.25, -0.2) is 4.98 Å². The van der Waals surface area contributed by atoms with Gasteiger partial charge in [0.05, 0.1) is 16.9 Å². The van der Waals surface area contributed by atoms with Crippen LogP contribution in [0.3, 0.4) is 0 Å². The summed E-state index contributed by atoms with van der Waals surface area (Å²) >= 11 is 0. The SMILES string of the molecule is c1ccc2cc(-c3ccc(-c4ccnc(-c5nc6ccccc6c6ccccc56)c4)cc3)ccc2c1. The standard InChI is InChI=1S/C34H22N2/c1-2-8-26-21-27(18-17-23(26)7-1)24-13-15-25(16-14-24)28-19-20-35-33(22-28)34-31-11-4-3-9-29(31)30-10-5-6-12-32(30)36-34/h1-22H. The van der Waals surface area contributed by atoms with Crippen molar-refractivity contribution in [1.29, 1.82) is 0 Å². The van der Waals surface area contributed by atoms with Crippen molar-refractivity contribution in [3.8, 4) is 33.6 Å². The van der Waals surface area contributed by atoms with E-state index >= 15 is 0 Å². The van der Waals surface area contributed by atoms with Crippen LogP contribution in [0, 0.1) is 0 Å². The van der Waals surface area contributed by atoms with E-state index in [4.69, 9.17) is 9.97 Å². The van der Waals surface area contributed by atoms with Crippen LogP contribution in [0.2, 0.25) is 0 Å². The maximum absolute atomic E-state index is 5.02. The van der Waals surface area contributed by atoms with Crippen molar-refractivity contribution in [1.82, 2.24) is 9.97 Å². The molecule has 0 atom stereocenters. The van der Waals surface area contributed by atoms with Crippen LogP contribution in [-0.4, -0.2) is 9.97 Å². The first-order valence-electron chi connectivity index (χ1n) is 12.2. The fourth-order valence-corrected chi connectivity index (χ4v) is 5.06. The van der Waals surface area contributed by atoms with E-state index in [2.05, 4.69) is 121 Å². The van der Waals surface area contributed by atoms with Crippen LogP contribution in [0.1, 0.15) is 0 Å². The van der Waals surface area contributed by atoms with Gasteiger partial charge in [0.1, 0.15) is 0 Å². The zero-order valence-electron chi connectivity index (χ0n) is 19.6. The van der Waals surface area contributed by atoms with Gasteiger partial charge in [-0.05, 0) is 62.7 Å². The van der Waals surface area contributed by atoms with Crippen molar-refractivity contribution in [3.63, 3.8) is 0 Å². The summed E-state index contributed by atoms with van der Waals surface area (Å²) in [5.74, 6) is 0. The second-order valence-corrected chi connectivity index (χ2v) is 9.09. The molecule has 0 amide bonds. The number of pyridine rings is 2. The van der Waals surface area contributed by atoms with Gasteiger partial charge in [0.25, 0.3) is 0 Å². The van der Waals surface area contributed by atoms with E-state index in [9.17, 15) is 0 Å². The van der Waals surface area contributed by atoms with Gasteiger partial charge < -0.3 is 0 Å². The number of benzene rings is 5. The Morgan fingerprint density at radius 1 is 0.417 bits per heavy atom. The fourth-order valence-electron chi connectivity index (χ4n) is 5.06. The lowest BCUT2D eigenvalue weighted by atomic mass is 9.97. The molecule has 0 saturated heterocycles. The molecule has 36 heavy (non-hydrogen) atoms. The Morgan fingerprint density at radius 2 is 1.03 bits per heavy atom. The van der Waals surface area contributed by atoms with Crippen LogP contribution in [0.25, 0.3) is 66.1 Å². The molecule has 0 spiro atoms. The van der Waals surface area contributed by atoms with E-state index in [1.807, 2.05) is 12.3 Å². The van der Waals surface area contributed by atoms with Gasteiger partial charge in [0, 0.05) is 17.0 Å². The van der Waals surface area contributed by atoms with Crippen LogP contribution in [0.4, 0.5) is 0 Å². The molecule has 0 unspecified atom stereocenters. The van der Waals surface area contributed by atoms with Crippen molar-refractivity contribution in [2.24, 2.45) is 0 Å². The number of rotatable bonds is 3. The molecule has 0 aliphatic rings. The molecule has 2 aromatic heterocycles. The molecule has 2 heterocycles. The number of fused-ring (bicyclic) bond motifs is 4. The molecule has 7 rings (SSSR count). The summed E-state index contributed by atoms with van der Waals surface area (Å²) in [6, 6.07) is 44.9. The van der Waals surface area contributed by atoms with E-state index in [1.54, 1.807) is 0 Å². The third-order valence-corrected chi connectivity index (χ3v) is 6.91. The summed E-state index contributed by atoms with van der Waals surface area (Å²) in [6.45, 7) is 0. The van der Waals surface area contributed by atoms with Crippen LogP contribution in [0.5, 0.6) is 0 Å². The highest BCUT2D eigenvalue weighted by molar-refractivity contribution is 6.10. The maximum atomic E-state index is 5.02. The minimum absolute atomic E-state index is 0.882. The number of aromatic nitrogens is 2. The molecule has 2 nitrogen and oxygen atoms in total. The van der Waals surface area contributed by atoms with E-state index in [-0.39, 0.29) is 0 Å². The van der Waals surface area contributed by atoms with Gasteiger partial charge in [-0.3, -0.25) is 4.98 Å². The molecular weight excluding hydrogens is 436 g/mol. The quantitative estimate of drug-likeness (QED) is 0.247. The summed E-state index contributed by atoms with van der Waals surface area (Å²) in [4.78, 5) is 9.75. The minimum atomic E-state index is 0.882. The van der Waals surface area contributed by atoms with E-state index in [1.165, 1.54) is 27.3 Å². The van der Waals surface area contributed by atoms with Crippen LogP contribution < -0.4 is 0 Å². The van der Waals surface area contributed by atoms with Gasteiger partial charge >= 0.3 is 0 Å². The highest BCUT2D eigenvalue weighted by Crippen LogP contribution is 2.33. The summed E-state index contributed by atoms with van der Waals surface area (Å²) < 4.78 is 0. The summed E-state index contributed by atoms with van der Waals surface area (Å²) in [7, 11) is 0. The first-order chi connectivity index (χ1) is 17.8. The average molecular weight is 459 g/mol. The van der Waals surface area contributed by atoms with Crippen molar-refractivity contribution in [3.05, 3.63) is 134 Å². The summed E-state index contributed by atoms with van der Waals surface area (Å²) in [5.41, 5.74) is 7.51. The molecule has 0 saturated carbocycles. The first-order valence-corrected chi connectivity index (χ1v) is 12.2. The molecule has 168 valence electrons. The molecule has 0 N–H and O–H groups in total. The van der Waals surface area contributed by atoms with E-state index in [0.29, 0.717) is 0 Å². The van der Waals surface area contributed by atoms with E-state index < -0.39 is 0 Å². The maximum Gasteiger partial charge on any atom is 0.0972 e. The van der Waals surface area contributed by atoms with Crippen LogP contribution in [0.15, 0.2) is 134 Å². The highest BCUT2D eigenvalue weighted by Gasteiger charge is 2.12. The summed E-state index contributed by atoms with van der Waals surface area (Å²) in [5, 5.41) is 6.00. The van der Waals surface area contributed by atoms with Crippen LogP contribution in [-0.2, 0) is 0 Å². The molecule has 0 radical (unpaired) electrons. The molecule has 2 heteroatoms. The molecule has 7 aromatic rings. The Labute approximate surface area is 209 Å². The largest absolute Gasteiger partial charge is 0.255 e. The summed E-state index contributed by atoms with van der Waals surface area (Å²) in [6.07, 6.45) is 1.88. The van der Waals surface area contributed by atoms with Crippen molar-refractivity contribution >= 4 is 32.4 Å². The molecule has 0 aliphatic heterocycles. The van der Waals surface area contributed by atoms with Crippen molar-refractivity contribution in [2.75, 3.05) is 0 Å². The Kier molecular flexibility index (Phi) is 4.82. The lowest BCUT2D eigenvalue weighted by Gasteiger charge is -2.11. The van der Waals surface area contributed by atoms with Gasteiger partial charge in [0.15, 0.2) is 0 Å². The monoisotopic (exact) mass is 458 g/mol. The fraction of sp³-hybridized carbons (Fsp3) is 0. The van der Waals surface area contributed by atoms with Crippen molar-refractivity contribution in [2.45, 2.75) is 0 Å². The highest BCUT2D eigenvalue weighted by atomic mass is 14.8. The number of hydrogen-bond donors (Lipinski definition) is 0. The number of nitrogens with zero attached hydrogens (tertiary/aromatic N) is 2. The van der Waals surface area contributed by atoms with Crippen LogP contribution >= 0.6 is 0 Å². The average Bonchev–Trinajstić information content (AvgIpc) is 2.96. The normalized spacial score (nSPS) is 11.3. The molecule has 0 bridgehead atoms. The zero-order chi connectivity index (χ0) is 23.9. The lowest BCUT2D eigenvalue weighted by Crippen LogP contribution is -1.92. The third kappa shape index (κ3) is 3.52. The predicted octanol–water partition coefficient (Wildman–Crippen LogP) is 8.94. The Hall–Kier alpha value is -4.82. The second-order valence-electron chi connectivity index (χ2n) is 9.09. The molecule has 0 fully saturated rings. The third-order valence-electron chi connectivity index (χ3n) is 6.91. The first kappa shape index (κ1) is 20.5. The molecule has 0 aliphatic carbocycles. The Bertz CT molecular complexity index is 1880. The Morgan fingerprint density at radius 3 is 1.83 bits per heavy atom. The Balaban J connectivity index is 1.29. The second kappa shape index (κ2) is 8.44. The predicted molar refractivity (Wildman–Crippen MR) is 151 cm³/mol. The van der Waals surface area contributed by atoms with Crippen molar-refractivity contribution < 1.29 is 0 Å². The van der Waals surface area contributed by atoms with Gasteiger partial charge in [0.2, 0.25) is 0 Å². The number of hydrogen-bond acceptors (Lipinski definition) is 2. The molecule has 5 aromatic carbocycles. The minimum Gasteiger partial charge on any atom is -0.255 e.